The summed E-state index contributed by atoms with van der Waals surface area (Å²) in [5.41, 5.74) is 2.44. The monoisotopic (exact) mass is 301 g/mol. The van der Waals surface area contributed by atoms with Gasteiger partial charge in [-0.3, -0.25) is 0 Å². The summed E-state index contributed by atoms with van der Waals surface area (Å²) in [5.74, 6) is 1.02. The van der Waals surface area contributed by atoms with Crippen LogP contribution in [0.15, 0.2) is 28.2 Å². The molecule has 1 aromatic carbocycles. The van der Waals surface area contributed by atoms with E-state index < -0.39 is 0 Å². The fourth-order valence-corrected chi connectivity index (χ4v) is 2.46. The molecule has 2 rings (SSSR count). The Labute approximate surface area is 109 Å². The highest BCUT2D eigenvalue weighted by atomic mass is 79.9. The first kappa shape index (κ1) is 12.0. The van der Waals surface area contributed by atoms with Gasteiger partial charge in [0.25, 0.3) is 0 Å². The van der Waals surface area contributed by atoms with E-state index in [0.717, 1.165) is 29.8 Å². The van der Waals surface area contributed by atoms with E-state index in [4.69, 9.17) is 16.3 Å². The van der Waals surface area contributed by atoms with Crippen molar-refractivity contribution in [3.63, 3.8) is 0 Å². The van der Waals surface area contributed by atoms with Crippen molar-refractivity contribution < 1.29 is 4.74 Å². The van der Waals surface area contributed by atoms with Crippen LogP contribution in [-0.2, 0) is 13.0 Å². The lowest BCUT2D eigenvalue weighted by atomic mass is 10.1. The third-order valence-corrected chi connectivity index (χ3v) is 3.05. The lowest BCUT2D eigenvalue weighted by Gasteiger charge is -2.09. The molecular formula is C12H13BrClNO. The molecular weight excluding hydrogens is 289 g/mol. The van der Waals surface area contributed by atoms with Crippen LogP contribution in [0.5, 0.6) is 5.75 Å². The zero-order valence-corrected chi connectivity index (χ0v) is 11.2. The Hall–Kier alpha value is -0.510. The lowest BCUT2D eigenvalue weighted by molar-refractivity contribution is 0.352. The molecule has 0 aromatic heterocycles. The van der Waals surface area contributed by atoms with Crippen LogP contribution in [-0.4, -0.2) is 13.2 Å². The Kier molecular flexibility index (Phi) is 3.90. The maximum Gasteiger partial charge on any atom is 0.127 e. The van der Waals surface area contributed by atoms with E-state index in [0.29, 0.717) is 11.6 Å². The Morgan fingerprint density at radius 1 is 1.56 bits per heavy atom. The number of benzene rings is 1. The molecule has 0 amide bonds. The number of hydrogen-bond donors (Lipinski definition) is 1. The molecule has 1 N–H and O–H groups in total. The SMILES string of the molecule is C=C(Cl)CNCc1cc(Br)cc2c1OCC2. The first-order chi connectivity index (χ1) is 7.66. The van der Waals surface area contributed by atoms with Gasteiger partial charge >= 0.3 is 0 Å². The number of hydrogen-bond acceptors (Lipinski definition) is 2. The van der Waals surface area contributed by atoms with Gasteiger partial charge in [0.05, 0.1) is 6.61 Å². The van der Waals surface area contributed by atoms with E-state index >= 15 is 0 Å². The van der Waals surface area contributed by atoms with Crippen molar-refractivity contribution in [2.45, 2.75) is 13.0 Å². The van der Waals surface area contributed by atoms with Crippen molar-refractivity contribution in [1.82, 2.24) is 5.32 Å². The summed E-state index contributed by atoms with van der Waals surface area (Å²) >= 11 is 9.20. The molecule has 16 heavy (non-hydrogen) atoms. The van der Waals surface area contributed by atoms with Gasteiger partial charge in [-0.1, -0.05) is 34.1 Å². The summed E-state index contributed by atoms with van der Waals surface area (Å²) in [6.45, 7) is 5.78. The van der Waals surface area contributed by atoms with Crippen LogP contribution >= 0.6 is 27.5 Å². The smallest absolute Gasteiger partial charge is 0.127 e. The molecule has 0 radical (unpaired) electrons. The van der Waals surface area contributed by atoms with Crippen LogP contribution in [0.3, 0.4) is 0 Å². The van der Waals surface area contributed by atoms with Crippen molar-refractivity contribution in [3.05, 3.63) is 39.3 Å². The first-order valence-electron chi connectivity index (χ1n) is 5.15. The van der Waals surface area contributed by atoms with Gasteiger partial charge in [0.1, 0.15) is 5.75 Å². The normalized spacial score (nSPS) is 13.4. The molecule has 1 heterocycles. The zero-order chi connectivity index (χ0) is 11.5. The van der Waals surface area contributed by atoms with Gasteiger partial charge in [0, 0.05) is 34.6 Å². The minimum Gasteiger partial charge on any atom is -0.493 e. The van der Waals surface area contributed by atoms with Crippen molar-refractivity contribution in [1.29, 1.82) is 0 Å². The second kappa shape index (κ2) is 5.21. The molecule has 0 saturated carbocycles. The molecule has 0 unspecified atom stereocenters. The van der Waals surface area contributed by atoms with Gasteiger partial charge in [-0.05, 0) is 17.7 Å². The number of nitrogens with one attached hydrogen (secondary N) is 1. The van der Waals surface area contributed by atoms with Crippen LogP contribution in [0, 0.1) is 0 Å². The van der Waals surface area contributed by atoms with Crippen LogP contribution in [0.25, 0.3) is 0 Å². The van der Waals surface area contributed by atoms with E-state index in [1.54, 1.807) is 0 Å². The van der Waals surface area contributed by atoms with Crippen molar-refractivity contribution in [3.8, 4) is 5.75 Å². The Morgan fingerprint density at radius 3 is 3.12 bits per heavy atom. The summed E-state index contributed by atoms with van der Waals surface area (Å²) in [5, 5.41) is 3.84. The van der Waals surface area contributed by atoms with Crippen molar-refractivity contribution in [2.24, 2.45) is 0 Å². The fraction of sp³-hybridized carbons (Fsp3) is 0.333. The number of ether oxygens (including phenoxy) is 1. The Bertz CT molecular complexity index is 420. The fourth-order valence-electron chi connectivity index (χ4n) is 1.81. The summed E-state index contributed by atoms with van der Waals surface area (Å²) in [7, 11) is 0. The van der Waals surface area contributed by atoms with Gasteiger partial charge in [-0.15, -0.1) is 0 Å². The first-order valence-corrected chi connectivity index (χ1v) is 6.32. The predicted octanol–water partition coefficient (Wildman–Crippen LogP) is 3.23. The molecule has 1 aliphatic heterocycles. The topological polar surface area (TPSA) is 21.3 Å². The Balaban J connectivity index is 2.11. The molecule has 0 aliphatic carbocycles. The van der Waals surface area contributed by atoms with E-state index in [-0.39, 0.29) is 0 Å². The van der Waals surface area contributed by atoms with Crippen LogP contribution in [0.2, 0.25) is 0 Å². The van der Waals surface area contributed by atoms with Gasteiger partial charge in [0.15, 0.2) is 0 Å². The maximum absolute atomic E-state index is 5.70. The minimum absolute atomic E-state index is 0.614. The maximum atomic E-state index is 5.70. The quantitative estimate of drug-likeness (QED) is 0.922. The minimum atomic E-state index is 0.614. The third-order valence-electron chi connectivity index (χ3n) is 2.46. The highest BCUT2D eigenvalue weighted by Gasteiger charge is 2.16. The van der Waals surface area contributed by atoms with E-state index in [1.807, 2.05) is 0 Å². The predicted molar refractivity (Wildman–Crippen MR) is 70.0 cm³/mol. The summed E-state index contributed by atoms with van der Waals surface area (Å²) in [6.07, 6.45) is 0.990. The molecule has 86 valence electrons. The lowest BCUT2D eigenvalue weighted by Crippen LogP contribution is -2.15. The molecule has 0 saturated heterocycles. The summed E-state index contributed by atoms with van der Waals surface area (Å²) in [6, 6.07) is 4.19. The number of fused-ring (bicyclic) bond motifs is 1. The van der Waals surface area contributed by atoms with Gasteiger partial charge < -0.3 is 10.1 Å². The van der Waals surface area contributed by atoms with E-state index in [9.17, 15) is 0 Å². The molecule has 1 aliphatic rings. The average Bonchev–Trinajstić information content (AvgIpc) is 2.64. The molecule has 4 heteroatoms. The summed E-state index contributed by atoms with van der Waals surface area (Å²) < 4.78 is 6.72. The highest BCUT2D eigenvalue weighted by Crippen LogP contribution is 2.32. The van der Waals surface area contributed by atoms with Crippen LogP contribution in [0.4, 0.5) is 0 Å². The second-order valence-corrected chi connectivity index (χ2v) is 5.22. The molecule has 0 atom stereocenters. The van der Waals surface area contributed by atoms with E-state index in [1.165, 1.54) is 11.1 Å². The summed E-state index contributed by atoms with van der Waals surface area (Å²) in [4.78, 5) is 0. The van der Waals surface area contributed by atoms with Gasteiger partial charge in [-0.2, -0.15) is 0 Å². The number of halogens is 2. The molecule has 0 spiro atoms. The third kappa shape index (κ3) is 2.78. The molecule has 0 fully saturated rings. The molecule has 2 nitrogen and oxygen atoms in total. The highest BCUT2D eigenvalue weighted by molar-refractivity contribution is 9.10. The van der Waals surface area contributed by atoms with Crippen molar-refractivity contribution >= 4 is 27.5 Å². The number of rotatable bonds is 4. The zero-order valence-electron chi connectivity index (χ0n) is 8.85. The van der Waals surface area contributed by atoms with Gasteiger partial charge in [-0.25, -0.2) is 0 Å². The largest absolute Gasteiger partial charge is 0.493 e. The Morgan fingerprint density at radius 2 is 2.38 bits per heavy atom. The van der Waals surface area contributed by atoms with E-state index in [2.05, 4.69) is 40.0 Å². The van der Waals surface area contributed by atoms with Crippen molar-refractivity contribution in [2.75, 3.05) is 13.2 Å². The second-order valence-electron chi connectivity index (χ2n) is 3.77. The van der Waals surface area contributed by atoms with Crippen LogP contribution < -0.4 is 10.1 Å². The molecule has 0 bridgehead atoms. The standard InChI is InChI=1S/C12H13BrClNO/c1-8(14)6-15-7-10-5-11(13)4-9-2-3-16-12(9)10/h4-5,15H,1-3,6-7H2. The van der Waals surface area contributed by atoms with Crippen LogP contribution in [0.1, 0.15) is 11.1 Å². The molecule has 1 aromatic rings. The van der Waals surface area contributed by atoms with Gasteiger partial charge in [0.2, 0.25) is 0 Å². The average molecular weight is 303 g/mol.